The zero-order chi connectivity index (χ0) is 11.6. The van der Waals surface area contributed by atoms with Gasteiger partial charge in [0.05, 0.1) is 12.7 Å². The number of aromatic hydroxyl groups is 3. The molecule has 0 radical (unpaired) electrons. The molecule has 0 aliphatic rings. The number of phenols is 3. The van der Waals surface area contributed by atoms with Crippen molar-refractivity contribution in [1.82, 2.24) is 0 Å². The lowest BCUT2D eigenvalue weighted by Gasteiger charge is -2.12. The first-order chi connectivity index (χ1) is 6.97. The van der Waals surface area contributed by atoms with Gasteiger partial charge in [-0.15, -0.1) is 0 Å². The molecular formula is C9H10O6. The van der Waals surface area contributed by atoms with Crippen molar-refractivity contribution < 1.29 is 30.0 Å². The van der Waals surface area contributed by atoms with Crippen LogP contribution >= 0.6 is 0 Å². The molecule has 1 unspecified atom stereocenters. The first-order valence-corrected chi connectivity index (χ1v) is 3.98. The fraction of sp³-hybridized carbons (Fsp3) is 0.222. The highest BCUT2D eigenvalue weighted by Gasteiger charge is 2.25. The van der Waals surface area contributed by atoms with Gasteiger partial charge < -0.3 is 25.2 Å². The predicted molar refractivity (Wildman–Crippen MR) is 48.4 cm³/mol. The minimum absolute atomic E-state index is 0.384. The summed E-state index contributed by atoms with van der Waals surface area (Å²) in [6, 6.07) is 1.78. The van der Waals surface area contributed by atoms with Crippen molar-refractivity contribution in [3.63, 3.8) is 0 Å². The molecule has 1 atom stereocenters. The normalized spacial score (nSPS) is 12.1. The molecule has 15 heavy (non-hydrogen) atoms. The van der Waals surface area contributed by atoms with E-state index in [2.05, 4.69) is 4.74 Å². The Bertz CT molecular complexity index is 363. The number of rotatable bonds is 2. The van der Waals surface area contributed by atoms with Crippen molar-refractivity contribution in [3.8, 4) is 17.2 Å². The van der Waals surface area contributed by atoms with Gasteiger partial charge in [0.25, 0.3) is 0 Å². The maximum atomic E-state index is 10.9. The Morgan fingerprint density at radius 3 is 2.13 bits per heavy atom. The van der Waals surface area contributed by atoms with Crippen molar-refractivity contribution in [2.45, 2.75) is 6.10 Å². The Kier molecular flexibility index (Phi) is 3.01. The molecular weight excluding hydrogens is 204 g/mol. The van der Waals surface area contributed by atoms with Gasteiger partial charge in [-0.05, 0) is 0 Å². The third-order valence-corrected chi connectivity index (χ3v) is 1.82. The van der Waals surface area contributed by atoms with Crippen LogP contribution in [0.2, 0.25) is 0 Å². The van der Waals surface area contributed by atoms with E-state index in [1.165, 1.54) is 0 Å². The van der Waals surface area contributed by atoms with Gasteiger partial charge >= 0.3 is 5.97 Å². The molecule has 0 amide bonds. The molecule has 4 N–H and O–H groups in total. The number of aliphatic hydroxyl groups is 1. The molecule has 1 rings (SSSR count). The average Bonchev–Trinajstić information content (AvgIpc) is 2.14. The number of carbonyl (C=O) groups is 1. The van der Waals surface area contributed by atoms with Crippen molar-refractivity contribution in [2.75, 3.05) is 7.11 Å². The second kappa shape index (κ2) is 4.05. The number of ether oxygens (including phenoxy) is 1. The smallest absolute Gasteiger partial charge is 0.339 e. The van der Waals surface area contributed by atoms with Crippen molar-refractivity contribution in [2.24, 2.45) is 0 Å². The Hall–Kier alpha value is -1.95. The first-order valence-electron chi connectivity index (χ1n) is 3.98. The van der Waals surface area contributed by atoms with Gasteiger partial charge in [-0.2, -0.15) is 0 Å². The molecule has 6 nitrogen and oxygen atoms in total. The fourth-order valence-electron chi connectivity index (χ4n) is 1.12. The van der Waals surface area contributed by atoms with Crippen LogP contribution in [0.4, 0.5) is 0 Å². The molecule has 0 aliphatic heterocycles. The third-order valence-electron chi connectivity index (χ3n) is 1.82. The van der Waals surface area contributed by atoms with Crippen molar-refractivity contribution in [3.05, 3.63) is 17.7 Å². The van der Waals surface area contributed by atoms with Gasteiger partial charge in [-0.1, -0.05) is 0 Å². The van der Waals surface area contributed by atoms with E-state index in [0.717, 1.165) is 19.2 Å². The summed E-state index contributed by atoms with van der Waals surface area (Å²) in [5.41, 5.74) is -0.403. The van der Waals surface area contributed by atoms with Crippen LogP contribution in [0, 0.1) is 0 Å². The first kappa shape index (κ1) is 11.1. The molecule has 0 aromatic heterocycles. The molecule has 0 aliphatic carbocycles. The lowest BCUT2D eigenvalue weighted by molar-refractivity contribution is -0.150. The standard InChI is InChI=1S/C9H10O6/c1-15-9(14)8(13)7-5(11)2-4(10)3-6(7)12/h2-3,8,10-13H,1H3. The molecule has 0 bridgehead atoms. The van der Waals surface area contributed by atoms with E-state index in [1.807, 2.05) is 0 Å². The zero-order valence-corrected chi connectivity index (χ0v) is 7.84. The lowest BCUT2D eigenvalue weighted by Crippen LogP contribution is -2.13. The van der Waals surface area contributed by atoms with E-state index in [9.17, 15) is 20.1 Å². The molecule has 0 saturated heterocycles. The lowest BCUT2D eigenvalue weighted by atomic mass is 10.1. The monoisotopic (exact) mass is 214 g/mol. The van der Waals surface area contributed by atoms with Crippen LogP contribution in [-0.4, -0.2) is 33.5 Å². The second-order valence-corrected chi connectivity index (χ2v) is 2.82. The van der Waals surface area contributed by atoms with E-state index in [4.69, 9.17) is 5.11 Å². The number of methoxy groups -OCH3 is 1. The Morgan fingerprint density at radius 2 is 1.73 bits per heavy atom. The number of esters is 1. The van der Waals surface area contributed by atoms with Crippen LogP contribution in [0.25, 0.3) is 0 Å². The highest BCUT2D eigenvalue weighted by Crippen LogP contribution is 2.36. The third kappa shape index (κ3) is 2.10. The Labute approximate surface area is 85.0 Å². The number of hydrogen-bond acceptors (Lipinski definition) is 6. The highest BCUT2D eigenvalue weighted by molar-refractivity contribution is 5.78. The summed E-state index contributed by atoms with van der Waals surface area (Å²) in [5, 5.41) is 36.9. The number of carbonyl (C=O) groups excluding carboxylic acids is 1. The van der Waals surface area contributed by atoms with Crippen LogP contribution in [0.5, 0.6) is 17.2 Å². The summed E-state index contributed by atoms with van der Waals surface area (Å²) in [7, 11) is 1.06. The summed E-state index contributed by atoms with van der Waals surface area (Å²) in [6.45, 7) is 0. The van der Waals surface area contributed by atoms with Crippen molar-refractivity contribution in [1.29, 1.82) is 0 Å². The molecule has 0 saturated carbocycles. The Balaban J connectivity index is 3.19. The SMILES string of the molecule is COC(=O)C(O)c1c(O)cc(O)cc1O. The quantitative estimate of drug-likeness (QED) is 0.516. The Morgan fingerprint density at radius 1 is 1.27 bits per heavy atom. The van der Waals surface area contributed by atoms with Gasteiger partial charge in [0.2, 0.25) is 0 Å². The van der Waals surface area contributed by atoms with Gasteiger partial charge in [0.15, 0.2) is 6.10 Å². The van der Waals surface area contributed by atoms with Gasteiger partial charge in [-0.3, -0.25) is 0 Å². The number of hydrogen-bond donors (Lipinski definition) is 4. The van der Waals surface area contributed by atoms with Crippen LogP contribution in [0.1, 0.15) is 11.7 Å². The largest absolute Gasteiger partial charge is 0.508 e. The van der Waals surface area contributed by atoms with Crippen LogP contribution in [-0.2, 0) is 9.53 Å². The zero-order valence-electron chi connectivity index (χ0n) is 7.84. The van der Waals surface area contributed by atoms with Gasteiger partial charge in [0.1, 0.15) is 17.2 Å². The summed E-state index contributed by atoms with van der Waals surface area (Å²) in [5.74, 6) is -2.59. The maximum absolute atomic E-state index is 10.9. The molecule has 0 heterocycles. The molecule has 0 fully saturated rings. The van der Waals surface area contributed by atoms with E-state index >= 15 is 0 Å². The summed E-state index contributed by atoms with van der Waals surface area (Å²) < 4.78 is 4.23. The minimum Gasteiger partial charge on any atom is -0.508 e. The molecule has 1 aromatic carbocycles. The highest BCUT2D eigenvalue weighted by atomic mass is 16.5. The van der Waals surface area contributed by atoms with E-state index in [1.54, 1.807) is 0 Å². The fourth-order valence-corrected chi connectivity index (χ4v) is 1.12. The second-order valence-electron chi connectivity index (χ2n) is 2.82. The minimum atomic E-state index is -1.80. The van der Waals surface area contributed by atoms with E-state index in [0.29, 0.717) is 0 Å². The number of phenolic OH excluding ortho intramolecular Hbond substituents is 3. The summed E-state index contributed by atoms with van der Waals surface area (Å²) >= 11 is 0. The molecule has 1 aromatic rings. The number of benzene rings is 1. The van der Waals surface area contributed by atoms with Gasteiger partial charge in [0, 0.05) is 12.1 Å². The molecule has 0 spiro atoms. The maximum Gasteiger partial charge on any atom is 0.339 e. The average molecular weight is 214 g/mol. The predicted octanol–water partition coefficient (Wildman–Crippen LogP) is 0.00980. The number of aliphatic hydroxyl groups excluding tert-OH is 1. The molecule has 6 heteroatoms. The summed E-state index contributed by atoms with van der Waals surface area (Å²) in [4.78, 5) is 10.9. The van der Waals surface area contributed by atoms with Crippen LogP contribution < -0.4 is 0 Å². The topological polar surface area (TPSA) is 107 Å². The van der Waals surface area contributed by atoms with E-state index < -0.39 is 29.1 Å². The molecule has 82 valence electrons. The van der Waals surface area contributed by atoms with Crippen molar-refractivity contribution >= 4 is 5.97 Å². The van der Waals surface area contributed by atoms with E-state index in [-0.39, 0.29) is 5.75 Å². The van der Waals surface area contributed by atoms with Gasteiger partial charge in [-0.25, -0.2) is 4.79 Å². The van der Waals surface area contributed by atoms with Crippen LogP contribution in [0.15, 0.2) is 12.1 Å². The summed E-state index contributed by atoms with van der Waals surface area (Å²) in [6.07, 6.45) is -1.80. The van der Waals surface area contributed by atoms with Crippen LogP contribution in [0.3, 0.4) is 0 Å².